The van der Waals surface area contributed by atoms with E-state index >= 15 is 0 Å². The van der Waals surface area contributed by atoms with Gasteiger partial charge in [0.1, 0.15) is 5.75 Å². The molecule has 3 aromatic carbocycles. The van der Waals surface area contributed by atoms with Crippen LogP contribution in [0.15, 0.2) is 82.6 Å². The Labute approximate surface area is 289 Å². The third-order valence-corrected chi connectivity index (χ3v) is 12.7. The standard InChI is InChI=1S/C34H25F3N4O7S2/c35-34(36,37)21-3-1-2-4-22(21)38-23(42)14-48-18-11-5-15(6-12-18)24-25-19-13-20(28(25)49-30-29(24)50-33(45)39-30)27-26(19)31(43)40(32(27)44)16-7-9-17(10-8-16)41(46)47/h1-12,19-20,24-28H,13-14H2,(H,38,42)(H,39,45)/t19-,20-,24+,25-,26+,27+,28-/m1/s1. The Kier molecular flexibility index (Phi) is 7.63. The summed E-state index contributed by atoms with van der Waals surface area (Å²) in [5.74, 6) is -2.82. The van der Waals surface area contributed by atoms with Gasteiger partial charge in [-0.15, -0.1) is 11.8 Å². The van der Waals surface area contributed by atoms with Crippen molar-refractivity contribution < 1.29 is 37.2 Å². The largest absolute Gasteiger partial charge is 0.484 e. The van der Waals surface area contributed by atoms with Crippen molar-refractivity contribution in [3.05, 3.63) is 109 Å². The van der Waals surface area contributed by atoms with E-state index in [0.29, 0.717) is 17.9 Å². The van der Waals surface area contributed by atoms with Crippen molar-refractivity contribution in [2.75, 3.05) is 16.8 Å². The van der Waals surface area contributed by atoms with Gasteiger partial charge in [0.15, 0.2) is 6.61 Å². The number of para-hydroxylation sites is 1. The van der Waals surface area contributed by atoms with Gasteiger partial charge in [-0.2, -0.15) is 13.2 Å². The number of benzene rings is 3. The number of H-pyrrole nitrogens is 1. The number of halogens is 3. The number of non-ortho nitro benzene ring substituents is 1. The van der Waals surface area contributed by atoms with Crippen molar-refractivity contribution in [1.82, 2.24) is 4.98 Å². The summed E-state index contributed by atoms with van der Waals surface area (Å²) in [4.78, 5) is 68.2. The Bertz CT molecular complexity index is 2120. The molecule has 16 heteroatoms. The maximum absolute atomic E-state index is 13.9. The maximum Gasteiger partial charge on any atom is 0.418 e. The van der Waals surface area contributed by atoms with Gasteiger partial charge in [-0.1, -0.05) is 35.6 Å². The lowest BCUT2D eigenvalue weighted by atomic mass is 9.68. The van der Waals surface area contributed by atoms with Gasteiger partial charge in [-0.25, -0.2) is 0 Å². The van der Waals surface area contributed by atoms with Crippen LogP contribution >= 0.6 is 23.1 Å². The number of nitrogens with one attached hydrogen (secondary N) is 2. The van der Waals surface area contributed by atoms with Gasteiger partial charge in [0.05, 0.1) is 38.7 Å². The van der Waals surface area contributed by atoms with E-state index in [2.05, 4.69) is 10.3 Å². The number of nitro groups is 1. The molecule has 0 spiro atoms. The summed E-state index contributed by atoms with van der Waals surface area (Å²) < 4.78 is 45.6. The number of fused-ring (bicyclic) bond motifs is 9. The van der Waals surface area contributed by atoms with Crippen LogP contribution in [-0.4, -0.2) is 39.5 Å². The van der Waals surface area contributed by atoms with Gasteiger partial charge in [0.2, 0.25) is 11.8 Å². The zero-order chi connectivity index (χ0) is 35.1. The van der Waals surface area contributed by atoms with Crippen LogP contribution in [-0.2, 0) is 20.6 Å². The minimum absolute atomic E-state index is 0.0586. The minimum atomic E-state index is -4.64. The maximum atomic E-state index is 13.9. The summed E-state index contributed by atoms with van der Waals surface area (Å²) >= 11 is 2.65. The zero-order valence-electron chi connectivity index (χ0n) is 25.6. The molecule has 0 radical (unpaired) electrons. The van der Waals surface area contributed by atoms with Crippen LogP contribution in [0, 0.1) is 39.7 Å². The van der Waals surface area contributed by atoms with Crippen LogP contribution in [0.5, 0.6) is 5.75 Å². The number of thioether (sulfide) groups is 1. The molecule has 2 saturated carbocycles. The van der Waals surface area contributed by atoms with E-state index in [1.807, 2.05) is 12.1 Å². The number of hydrogen-bond acceptors (Lipinski definition) is 9. The van der Waals surface area contributed by atoms with Crippen molar-refractivity contribution in [2.24, 2.45) is 29.6 Å². The molecule has 50 heavy (non-hydrogen) atoms. The number of rotatable bonds is 7. The molecular weight excluding hydrogens is 698 g/mol. The molecule has 7 atom stereocenters. The number of aromatic amines is 1. The fourth-order valence-electron chi connectivity index (χ4n) is 8.31. The SMILES string of the molecule is O=C(COc1ccc([C@@H]2c3sc(=O)[nH]c3S[C@@H]3[C@@H]4C[C@@H]([C@@H]5C(=O)N(c6ccc([N+](=O)[O-])cc6)C(=O)[C@@H]45)[C@H]23)cc1)Nc1ccccc1C(F)(F)F. The highest BCUT2D eigenvalue weighted by atomic mass is 32.2. The molecule has 2 bridgehead atoms. The molecule has 1 saturated heterocycles. The van der Waals surface area contributed by atoms with Crippen LogP contribution in [0.3, 0.4) is 0 Å². The number of nitrogens with zero attached hydrogens (tertiary/aromatic N) is 2. The van der Waals surface area contributed by atoms with E-state index in [-0.39, 0.29) is 57.0 Å². The molecule has 11 nitrogen and oxygen atoms in total. The van der Waals surface area contributed by atoms with Gasteiger partial charge < -0.3 is 15.0 Å². The normalized spacial score (nSPS) is 26.4. The lowest BCUT2D eigenvalue weighted by molar-refractivity contribution is -0.384. The number of ether oxygens (including phenoxy) is 1. The van der Waals surface area contributed by atoms with Gasteiger partial charge in [-0.3, -0.25) is 34.2 Å². The zero-order valence-corrected chi connectivity index (χ0v) is 27.2. The molecule has 8 rings (SSSR count). The molecule has 3 heterocycles. The number of alkyl halides is 3. The first-order valence-electron chi connectivity index (χ1n) is 15.6. The summed E-state index contributed by atoms with van der Waals surface area (Å²) in [6, 6.07) is 16.9. The summed E-state index contributed by atoms with van der Waals surface area (Å²) in [5.41, 5.74) is -0.348. The number of carbonyl (C=O) groups is 3. The second-order valence-corrected chi connectivity index (χ2v) is 14.9. The van der Waals surface area contributed by atoms with E-state index in [9.17, 15) is 42.5 Å². The molecule has 2 N–H and O–H groups in total. The fraction of sp³-hybridized carbons (Fsp3) is 0.294. The lowest BCUT2D eigenvalue weighted by Crippen LogP contribution is -2.42. The minimum Gasteiger partial charge on any atom is -0.484 e. The number of nitro benzene ring substituents is 1. The van der Waals surface area contributed by atoms with E-state index < -0.39 is 41.0 Å². The first-order valence-corrected chi connectivity index (χ1v) is 17.3. The molecule has 4 aliphatic rings. The molecule has 0 unspecified atom stereocenters. The Morgan fingerprint density at radius 3 is 2.34 bits per heavy atom. The first kappa shape index (κ1) is 32.3. The molecule has 3 amide bonds. The molecule has 4 aromatic rings. The van der Waals surface area contributed by atoms with Crippen LogP contribution in [0.4, 0.5) is 30.2 Å². The Hall–Kier alpha value is -4.96. The Balaban J connectivity index is 1.03. The lowest BCUT2D eigenvalue weighted by Gasteiger charge is -2.43. The van der Waals surface area contributed by atoms with Crippen LogP contribution < -0.4 is 19.8 Å². The third-order valence-electron chi connectivity index (χ3n) is 10.2. The molecule has 2 aliphatic carbocycles. The monoisotopic (exact) mass is 722 g/mol. The molecule has 1 aromatic heterocycles. The van der Waals surface area contributed by atoms with Gasteiger partial charge in [0.25, 0.3) is 11.6 Å². The first-order chi connectivity index (χ1) is 23.9. The molecule has 256 valence electrons. The van der Waals surface area contributed by atoms with Crippen molar-refractivity contribution in [1.29, 1.82) is 0 Å². The number of thiazole rings is 1. The van der Waals surface area contributed by atoms with Crippen molar-refractivity contribution in [3.8, 4) is 5.75 Å². The van der Waals surface area contributed by atoms with Crippen molar-refractivity contribution in [2.45, 2.75) is 28.8 Å². The predicted molar refractivity (Wildman–Crippen MR) is 176 cm³/mol. The van der Waals surface area contributed by atoms with Gasteiger partial charge in [0, 0.05) is 28.2 Å². The van der Waals surface area contributed by atoms with E-state index in [1.54, 1.807) is 23.9 Å². The summed E-state index contributed by atoms with van der Waals surface area (Å²) in [6.45, 7) is -0.534. The predicted octanol–water partition coefficient (Wildman–Crippen LogP) is 6.06. The van der Waals surface area contributed by atoms with E-state index in [1.165, 1.54) is 36.4 Å². The van der Waals surface area contributed by atoms with E-state index in [4.69, 9.17) is 4.74 Å². The average Bonchev–Trinajstić information content (AvgIpc) is 3.82. The quantitative estimate of drug-likeness (QED) is 0.133. The summed E-state index contributed by atoms with van der Waals surface area (Å²) in [6.07, 6.45) is -3.97. The fourth-order valence-corrected chi connectivity index (χ4v) is 11.2. The van der Waals surface area contributed by atoms with Crippen molar-refractivity contribution in [3.63, 3.8) is 0 Å². The van der Waals surface area contributed by atoms with Crippen LogP contribution in [0.1, 0.15) is 28.3 Å². The second kappa shape index (κ2) is 11.8. The number of hydrogen-bond donors (Lipinski definition) is 2. The van der Waals surface area contributed by atoms with Crippen LogP contribution in [0.2, 0.25) is 0 Å². The van der Waals surface area contributed by atoms with E-state index in [0.717, 1.165) is 43.8 Å². The number of anilines is 2. The highest BCUT2D eigenvalue weighted by Gasteiger charge is 2.69. The molecule has 2 aliphatic heterocycles. The molecular formula is C34H25F3N4O7S2. The number of amides is 3. The van der Waals surface area contributed by atoms with Gasteiger partial charge in [-0.05, 0) is 66.1 Å². The van der Waals surface area contributed by atoms with Gasteiger partial charge >= 0.3 is 11.0 Å². The molecule has 3 fully saturated rings. The summed E-state index contributed by atoms with van der Waals surface area (Å²) in [7, 11) is 0. The Morgan fingerprint density at radius 2 is 1.66 bits per heavy atom. The smallest absolute Gasteiger partial charge is 0.418 e. The Morgan fingerprint density at radius 1 is 0.980 bits per heavy atom. The number of carbonyl (C=O) groups excluding carboxylic acids is 3. The average molecular weight is 723 g/mol. The topological polar surface area (TPSA) is 152 Å². The summed E-state index contributed by atoms with van der Waals surface area (Å²) in [5, 5.41) is 14.1. The van der Waals surface area contributed by atoms with Crippen LogP contribution in [0.25, 0.3) is 0 Å². The third kappa shape index (κ3) is 5.19. The number of aromatic nitrogens is 1. The number of imide groups is 1. The second-order valence-electron chi connectivity index (χ2n) is 12.7. The van der Waals surface area contributed by atoms with Crippen molar-refractivity contribution >= 4 is 57.9 Å². The highest BCUT2D eigenvalue weighted by Crippen LogP contribution is 2.68. The highest BCUT2D eigenvalue weighted by molar-refractivity contribution is 8.00.